The molecule has 1 aromatic rings. The van der Waals surface area contributed by atoms with Crippen molar-refractivity contribution in [3.8, 4) is 5.75 Å². The molecule has 1 rings (SSSR count). The second-order valence-electron chi connectivity index (χ2n) is 3.73. The highest BCUT2D eigenvalue weighted by molar-refractivity contribution is 5.66. The summed E-state index contributed by atoms with van der Waals surface area (Å²) in [6.07, 6.45) is 0.481. The third kappa shape index (κ3) is 2.97. The van der Waals surface area contributed by atoms with Crippen LogP contribution in [0.2, 0.25) is 0 Å². The molecule has 0 radical (unpaired) electrons. The Morgan fingerprint density at radius 3 is 2.81 bits per heavy atom. The summed E-state index contributed by atoms with van der Waals surface area (Å²) in [5.41, 5.74) is 7.90. The average molecular weight is 223 g/mol. The van der Waals surface area contributed by atoms with Crippen molar-refractivity contribution in [2.45, 2.75) is 25.8 Å². The monoisotopic (exact) mass is 223 g/mol. The largest absolute Gasteiger partial charge is 0.496 e. The van der Waals surface area contributed by atoms with E-state index in [0.29, 0.717) is 6.42 Å². The van der Waals surface area contributed by atoms with E-state index in [4.69, 9.17) is 15.6 Å². The van der Waals surface area contributed by atoms with Crippen LogP contribution in [0, 0.1) is 6.92 Å². The fourth-order valence-electron chi connectivity index (χ4n) is 1.73. The van der Waals surface area contributed by atoms with Crippen molar-refractivity contribution in [2.24, 2.45) is 5.73 Å². The van der Waals surface area contributed by atoms with Crippen LogP contribution < -0.4 is 10.5 Å². The van der Waals surface area contributed by atoms with Gasteiger partial charge in [-0.1, -0.05) is 12.1 Å². The SMILES string of the molecule is COc1cccc(C)c1C(N)CCC(=O)O. The molecule has 0 saturated carbocycles. The van der Waals surface area contributed by atoms with E-state index < -0.39 is 5.97 Å². The Kier molecular flexibility index (Phi) is 4.31. The van der Waals surface area contributed by atoms with Gasteiger partial charge in [0.05, 0.1) is 7.11 Å². The predicted molar refractivity (Wildman–Crippen MR) is 61.5 cm³/mol. The highest BCUT2D eigenvalue weighted by atomic mass is 16.5. The maximum atomic E-state index is 10.5. The number of carboxylic acids is 1. The van der Waals surface area contributed by atoms with Crippen molar-refractivity contribution in [2.75, 3.05) is 7.11 Å². The molecule has 1 atom stereocenters. The average Bonchev–Trinajstić information content (AvgIpc) is 2.25. The van der Waals surface area contributed by atoms with Crippen LogP contribution in [0.25, 0.3) is 0 Å². The van der Waals surface area contributed by atoms with Gasteiger partial charge in [-0.05, 0) is 25.0 Å². The van der Waals surface area contributed by atoms with Crippen molar-refractivity contribution in [3.63, 3.8) is 0 Å². The van der Waals surface area contributed by atoms with E-state index in [1.165, 1.54) is 0 Å². The van der Waals surface area contributed by atoms with Gasteiger partial charge >= 0.3 is 5.97 Å². The Labute approximate surface area is 95.0 Å². The Balaban J connectivity index is 2.88. The number of benzene rings is 1. The van der Waals surface area contributed by atoms with Crippen LogP contribution >= 0.6 is 0 Å². The summed E-state index contributed by atoms with van der Waals surface area (Å²) in [5, 5.41) is 8.62. The third-order valence-corrected chi connectivity index (χ3v) is 2.54. The van der Waals surface area contributed by atoms with E-state index in [2.05, 4.69) is 0 Å². The predicted octanol–water partition coefficient (Wildman–Crippen LogP) is 1.87. The molecule has 0 saturated heterocycles. The lowest BCUT2D eigenvalue weighted by atomic mass is 9.97. The number of rotatable bonds is 5. The van der Waals surface area contributed by atoms with Crippen LogP contribution in [0.15, 0.2) is 18.2 Å². The van der Waals surface area contributed by atoms with Gasteiger partial charge in [-0.15, -0.1) is 0 Å². The molecular formula is C12H17NO3. The van der Waals surface area contributed by atoms with Crippen LogP contribution in [-0.4, -0.2) is 18.2 Å². The molecule has 88 valence electrons. The zero-order chi connectivity index (χ0) is 12.1. The van der Waals surface area contributed by atoms with Crippen LogP contribution in [0.5, 0.6) is 5.75 Å². The Bertz CT molecular complexity index is 377. The Morgan fingerprint density at radius 1 is 1.56 bits per heavy atom. The van der Waals surface area contributed by atoms with Gasteiger partial charge in [0, 0.05) is 18.0 Å². The van der Waals surface area contributed by atoms with Gasteiger partial charge < -0.3 is 15.6 Å². The van der Waals surface area contributed by atoms with Gasteiger partial charge in [0.25, 0.3) is 0 Å². The molecule has 0 aliphatic rings. The number of methoxy groups -OCH3 is 1. The van der Waals surface area contributed by atoms with Crippen molar-refractivity contribution in [3.05, 3.63) is 29.3 Å². The molecule has 1 unspecified atom stereocenters. The van der Waals surface area contributed by atoms with Gasteiger partial charge in [0.15, 0.2) is 0 Å². The molecule has 16 heavy (non-hydrogen) atoms. The summed E-state index contributed by atoms with van der Waals surface area (Å²) in [4.78, 5) is 10.5. The van der Waals surface area contributed by atoms with Crippen LogP contribution in [0.1, 0.15) is 30.0 Å². The van der Waals surface area contributed by atoms with E-state index in [-0.39, 0.29) is 12.5 Å². The summed E-state index contributed by atoms with van der Waals surface area (Å²) in [5.74, 6) is -0.110. The molecule has 0 amide bonds. The standard InChI is InChI=1S/C12H17NO3/c1-8-4-3-5-10(16-2)12(8)9(13)6-7-11(14)15/h3-5,9H,6-7,13H2,1-2H3,(H,14,15). The molecule has 4 nitrogen and oxygen atoms in total. The lowest BCUT2D eigenvalue weighted by Gasteiger charge is -2.17. The molecule has 0 bridgehead atoms. The molecule has 0 heterocycles. The molecule has 0 aliphatic heterocycles. The van der Waals surface area contributed by atoms with Gasteiger partial charge in [-0.25, -0.2) is 0 Å². The smallest absolute Gasteiger partial charge is 0.303 e. The molecule has 3 N–H and O–H groups in total. The number of hydrogen-bond donors (Lipinski definition) is 2. The summed E-state index contributed by atoms with van der Waals surface area (Å²) in [6, 6.07) is 5.37. The van der Waals surface area contributed by atoms with Crippen molar-refractivity contribution in [1.82, 2.24) is 0 Å². The van der Waals surface area contributed by atoms with E-state index in [1.807, 2.05) is 25.1 Å². The molecule has 0 fully saturated rings. The second kappa shape index (κ2) is 5.51. The van der Waals surface area contributed by atoms with E-state index in [1.54, 1.807) is 7.11 Å². The minimum absolute atomic E-state index is 0.0681. The number of nitrogens with two attached hydrogens (primary N) is 1. The summed E-state index contributed by atoms with van der Waals surface area (Å²) < 4.78 is 5.23. The van der Waals surface area contributed by atoms with Gasteiger partial charge in [-0.2, -0.15) is 0 Å². The highest BCUT2D eigenvalue weighted by Gasteiger charge is 2.15. The molecule has 0 aliphatic carbocycles. The van der Waals surface area contributed by atoms with Crippen LogP contribution in [0.4, 0.5) is 0 Å². The minimum atomic E-state index is -0.831. The second-order valence-corrected chi connectivity index (χ2v) is 3.73. The Hall–Kier alpha value is -1.55. The first kappa shape index (κ1) is 12.5. The van der Waals surface area contributed by atoms with E-state index in [0.717, 1.165) is 16.9 Å². The maximum Gasteiger partial charge on any atom is 0.303 e. The molecule has 1 aromatic carbocycles. The zero-order valence-electron chi connectivity index (χ0n) is 9.56. The highest BCUT2D eigenvalue weighted by Crippen LogP contribution is 2.29. The van der Waals surface area contributed by atoms with Crippen LogP contribution in [0.3, 0.4) is 0 Å². The summed E-state index contributed by atoms with van der Waals surface area (Å²) in [7, 11) is 1.59. The first-order valence-corrected chi connectivity index (χ1v) is 5.17. The summed E-state index contributed by atoms with van der Waals surface area (Å²) in [6.45, 7) is 1.94. The topological polar surface area (TPSA) is 72.5 Å². The van der Waals surface area contributed by atoms with E-state index in [9.17, 15) is 4.79 Å². The Morgan fingerprint density at radius 2 is 2.25 bits per heavy atom. The van der Waals surface area contributed by atoms with Crippen LogP contribution in [-0.2, 0) is 4.79 Å². The first-order chi connectivity index (χ1) is 7.56. The number of carboxylic acid groups (broad SMARTS) is 1. The van der Waals surface area contributed by atoms with Gasteiger partial charge in [0.2, 0.25) is 0 Å². The fraction of sp³-hybridized carbons (Fsp3) is 0.417. The maximum absolute atomic E-state index is 10.5. The molecule has 0 aromatic heterocycles. The number of aryl methyl sites for hydroxylation is 1. The lowest BCUT2D eigenvalue weighted by molar-refractivity contribution is -0.137. The first-order valence-electron chi connectivity index (χ1n) is 5.17. The molecule has 0 spiro atoms. The quantitative estimate of drug-likeness (QED) is 0.799. The van der Waals surface area contributed by atoms with Crippen molar-refractivity contribution in [1.29, 1.82) is 0 Å². The normalized spacial score (nSPS) is 12.2. The minimum Gasteiger partial charge on any atom is -0.496 e. The lowest BCUT2D eigenvalue weighted by Crippen LogP contribution is -2.14. The van der Waals surface area contributed by atoms with Gasteiger partial charge in [0.1, 0.15) is 5.75 Å². The molecule has 4 heteroatoms. The number of hydrogen-bond acceptors (Lipinski definition) is 3. The number of carbonyl (C=O) groups is 1. The number of ether oxygens (including phenoxy) is 1. The van der Waals surface area contributed by atoms with Crippen molar-refractivity contribution < 1.29 is 14.6 Å². The van der Waals surface area contributed by atoms with Crippen molar-refractivity contribution >= 4 is 5.97 Å². The molecular weight excluding hydrogens is 206 g/mol. The summed E-state index contributed by atoms with van der Waals surface area (Å²) >= 11 is 0. The fourth-order valence-corrected chi connectivity index (χ4v) is 1.73. The van der Waals surface area contributed by atoms with E-state index >= 15 is 0 Å². The van der Waals surface area contributed by atoms with Gasteiger partial charge in [-0.3, -0.25) is 4.79 Å². The number of aliphatic carboxylic acids is 1. The zero-order valence-corrected chi connectivity index (χ0v) is 9.56. The third-order valence-electron chi connectivity index (χ3n) is 2.54.